The minimum Gasteiger partial charge on any atom is -0.375 e. The standard InChI is InChI=1S/C41H39ClN8O4S2/c42-31-11-14-36(29-7-3-1-4-8-29)30(23-31)26-47-19-21-48(22-20-47)33-12-15-37-39(24-33)43-28-44-41(37)46-56(53,54)35-13-16-38(40(25-35)50(51)52)45-32-17-18-49(27-32)55-34-9-5-2-6-10-34/h1-16,23-25,28,32,45H,17-22,26-27H2,(H,43,44,46)/t32-/m1/s1. The van der Waals surface area contributed by atoms with Crippen LogP contribution >= 0.6 is 23.5 Å². The molecule has 8 rings (SSSR count). The normalized spacial score (nSPS) is 16.6. The fourth-order valence-corrected chi connectivity index (χ4v) is 9.51. The van der Waals surface area contributed by atoms with Gasteiger partial charge in [0, 0.05) is 78.9 Å². The van der Waals surface area contributed by atoms with Crippen molar-refractivity contribution in [3.63, 3.8) is 0 Å². The maximum atomic E-state index is 13.6. The first-order chi connectivity index (χ1) is 27.2. The van der Waals surface area contributed by atoms with Crippen molar-refractivity contribution in [2.24, 2.45) is 0 Å². The van der Waals surface area contributed by atoms with E-state index in [1.54, 1.807) is 11.9 Å². The van der Waals surface area contributed by atoms with E-state index < -0.39 is 14.9 Å². The molecular weight excluding hydrogens is 768 g/mol. The molecule has 12 nitrogen and oxygen atoms in total. The second-order valence-electron chi connectivity index (χ2n) is 13.8. The number of hydrogen-bond acceptors (Lipinski definition) is 11. The van der Waals surface area contributed by atoms with E-state index in [-0.39, 0.29) is 28.1 Å². The summed E-state index contributed by atoms with van der Waals surface area (Å²) in [6, 6.07) is 36.0. The third kappa shape index (κ3) is 8.59. The van der Waals surface area contributed by atoms with Crippen LogP contribution < -0.4 is 14.9 Å². The summed E-state index contributed by atoms with van der Waals surface area (Å²) in [5.74, 6) is 0.0916. The van der Waals surface area contributed by atoms with Crippen LogP contribution in [0.2, 0.25) is 5.02 Å². The van der Waals surface area contributed by atoms with Crippen LogP contribution in [0.15, 0.2) is 131 Å². The molecule has 2 saturated heterocycles. The number of rotatable bonds is 12. The molecule has 6 aromatic rings. The van der Waals surface area contributed by atoms with Crippen molar-refractivity contribution < 1.29 is 13.3 Å². The quantitative estimate of drug-likeness (QED) is 0.0704. The molecule has 0 unspecified atom stereocenters. The molecule has 2 fully saturated rings. The highest BCUT2D eigenvalue weighted by Gasteiger charge is 2.28. The molecule has 286 valence electrons. The fraction of sp³-hybridized carbons (Fsp3) is 0.220. The van der Waals surface area contributed by atoms with Crippen LogP contribution in [0.5, 0.6) is 0 Å². The molecule has 0 spiro atoms. The van der Waals surface area contributed by atoms with E-state index in [0.29, 0.717) is 17.4 Å². The predicted molar refractivity (Wildman–Crippen MR) is 224 cm³/mol. The smallest absolute Gasteiger partial charge is 0.293 e. The van der Waals surface area contributed by atoms with Gasteiger partial charge < -0.3 is 10.2 Å². The Morgan fingerprint density at radius 3 is 2.39 bits per heavy atom. The van der Waals surface area contributed by atoms with E-state index in [1.165, 1.54) is 29.6 Å². The Labute approximate surface area is 334 Å². The molecule has 1 aromatic heterocycles. The molecule has 2 aliphatic rings. The largest absolute Gasteiger partial charge is 0.375 e. The Morgan fingerprint density at radius 1 is 0.857 bits per heavy atom. The van der Waals surface area contributed by atoms with E-state index in [0.717, 1.165) is 72.9 Å². The van der Waals surface area contributed by atoms with Gasteiger partial charge in [-0.15, -0.1) is 0 Å². The lowest BCUT2D eigenvalue weighted by Gasteiger charge is -2.36. The number of nitrogens with one attached hydrogen (secondary N) is 2. The number of nitrogens with zero attached hydrogens (tertiary/aromatic N) is 6. The van der Waals surface area contributed by atoms with Crippen LogP contribution in [0, 0.1) is 10.1 Å². The maximum absolute atomic E-state index is 13.6. The van der Waals surface area contributed by atoms with E-state index in [2.05, 4.69) is 58.4 Å². The second kappa shape index (κ2) is 16.5. The summed E-state index contributed by atoms with van der Waals surface area (Å²) in [5, 5.41) is 16.7. The summed E-state index contributed by atoms with van der Waals surface area (Å²) in [6.07, 6.45) is 2.10. The van der Waals surface area contributed by atoms with Gasteiger partial charge >= 0.3 is 0 Å². The van der Waals surface area contributed by atoms with Crippen LogP contribution in [0.25, 0.3) is 22.0 Å². The number of sulfonamides is 1. The third-order valence-corrected chi connectivity index (χ3v) is 12.7. The lowest BCUT2D eigenvalue weighted by molar-refractivity contribution is -0.384. The van der Waals surface area contributed by atoms with Crippen molar-refractivity contribution in [2.45, 2.75) is 28.8 Å². The Kier molecular flexibility index (Phi) is 11.1. The molecule has 15 heteroatoms. The molecule has 0 radical (unpaired) electrons. The molecular formula is C41H39ClN8O4S2. The number of hydrogen-bond donors (Lipinski definition) is 2. The van der Waals surface area contributed by atoms with Crippen LogP contribution in [0.1, 0.15) is 12.0 Å². The number of anilines is 3. The number of nitro groups is 1. The molecule has 2 aliphatic heterocycles. The van der Waals surface area contributed by atoms with E-state index in [1.807, 2.05) is 72.8 Å². The number of halogens is 1. The van der Waals surface area contributed by atoms with E-state index >= 15 is 0 Å². The lowest BCUT2D eigenvalue weighted by atomic mass is 9.99. The number of benzene rings is 5. The number of fused-ring (bicyclic) bond motifs is 1. The maximum Gasteiger partial charge on any atom is 0.293 e. The van der Waals surface area contributed by atoms with Crippen molar-refractivity contribution in [3.05, 3.63) is 142 Å². The molecule has 0 amide bonds. The fourth-order valence-electron chi connectivity index (χ4n) is 7.24. The Hall–Kier alpha value is -5.25. The number of piperazine rings is 1. The first-order valence-corrected chi connectivity index (χ1v) is 20.9. The Bertz CT molecular complexity index is 2470. The molecule has 0 saturated carbocycles. The molecule has 1 atom stereocenters. The number of aromatic nitrogens is 2. The highest BCUT2D eigenvalue weighted by atomic mass is 35.5. The van der Waals surface area contributed by atoms with Crippen LogP contribution in [-0.2, 0) is 16.6 Å². The van der Waals surface area contributed by atoms with Crippen molar-refractivity contribution in [1.82, 2.24) is 19.2 Å². The predicted octanol–water partition coefficient (Wildman–Crippen LogP) is 8.17. The first-order valence-electron chi connectivity index (χ1n) is 18.3. The van der Waals surface area contributed by atoms with Crippen LogP contribution in [-0.4, -0.2) is 77.8 Å². The summed E-state index contributed by atoms with van der Waals surface area (Å²) in [4.78, 5) is 25.9. The second-order valence-corrected chi connectivity index (χ2v) is 17.1. The SMILES string of the molecule is O=[N+]([O-])c1cc(S(=O)(=O)Nc2ncnc3cc(N4CCN(Cc5cc(Cl)ccc5-c5ccccc5)CC4)ccc23)ccc1N[C@@H]1CCN(Sc2ccccc2)C1. The highest BCUT2D eigenvalue weighted by molar-refractivity contribution is 7.97. The highest BCUT2D eigenvalue weighted by Crippen LogP contribution is 2.34. The molecule has 56 heavy (non-hydrogen) atoms. The van der Waals surface area contributed by atoms with Crippen molar-refractivity contribution in [1.29, 1.82) is 0 Å². The minimum atomic E-state index is -4.24. The van der Waals surface area contributed by atoms with Crippen LogP contribution in [0.4, 0.5) is 22.9 Å². The zero-order chi connectivity index (χ0) is 38.6. The topological polar surface area (TPSA) is 137 Å². The van der Waals surface area contributed by atoms with Gasteiger partial charge in [0.15, 0.2) is 5.82 Å². The van der Waals surface area contributed by atoms with Gasteiger partial charge in [-0.05, 0) is 89.7 Å². The average molecular weight is 807 g/mol. The van der Waals surface area contributed by atoms with Crippen molar-refractivity contribution in [3.8, 4) is 11.1 Å². The van der Waals surface area contributed by atoms with Crippen LogP contribution in [0.3, 0.4) is 0 Å². The van der Waals surface area contributed by atoms with Gasteiger partial charge in [0.25, 0.3) is 15.7 Å². The van der Waals surface area contributed by atoms with Gasteiger partial charge in [-0.1, -0.05) is 66.2 Å². The average Bonchev–Trinajstić information content (AvgIpc) is 3.65. The van der Waals surface area contributed by atoms with Gasteiger partial charge in [0.05, 0.1) is 15.3 Å². The van der Waals surface area contributed by atoms with E-state index in [9.17, 15) is 18.5 Å². The zero-order valence-electron chi connectivity index (χ0n) is 30.3. The van der Waals surface area contributed by atoms with Gasteiger partial charge in [-0.2, -0.15) is 0 Å². The summed E-state index contributed by atoms with van der Waals surface area (Å²) in [5.41, 5.74) is 5.03. The van der Waals surface area contributed by atoms with Gasteiger partial charge in [-0.3, -0.25) is 19.7 Å². The summed E-state index contributed by atoms with van der Waals surface area (Å²) in [7, 11) is -4.24. The Balaban J connectivity index is 0.923. The summed E-state index contributed by atoms with van der Waals surface area (Å²) in [6.45, 7) is 5.56. The molecule has 5 aromatic carbocycles. The van der Waals surface area contributed by atoms with E-state index in [4.69, 9.17) is 11.6 Å². The van der Waals surface area contributed by atoms with Gasteiger partial charge in [0.2, 0.25) is 0 Å². The third-order valence-electron chi connectivity index (χ3n) is 10.1. The van der Waals surface area contributed by atoms with Crippen molar-refractivity contribution in [2.75, 3.05) is 54.2 Å². The molecule has 3 heterocycles. The summed E-state index contributed by atoms with van der Waals surface area (Å²) >= 11 is 8.06. The monoisotopic (exact) mass is 806 g/mol. The van der Waals surface area contributed by atoms with Gasteiger partial charge in [-0.25, -0.2) is 22.7 Å². The Morgan fingerprint density at radius 2 is 1.62 bits per heavy atom. The molecule has 0 bridgehead atoms. The number of nitro benzene ring substituents is 1. The van der Waals surface area contributed by atoms with Crippen molar-refractivity contribution >= 4 is 67.4 Å². The summed E-state index contributed by atoms with van der Waals surface area (Å²) < 4.78 is 32.1. The molecule has 0 aliphatic carbocycles. The minimum absolute atomic E-state index is 0.0336. The lowest BCUT2D eigenvalue weighted by Crippen LogP contribution is -2.46. The van der Waals surface area contributed by atoms with Gasteiger partial charge in [0.1, 0.15) is 12.0 Å². The zero-order valence-corrected chi connectivity index (χ0v) is 32.7. The molecule has 2 N–H and O–H groups in total. The first kappa shape index (κ1) is 37.7.